The molecule has 0 bridgehead atoms. The van der Waals surface area contributed by atoms with Gasteiger partial charge in [0.05, 0.1) is 0 Å². The molecule has 0 atom stereocenters. The van der Waals surface area contributed by atoms with Crippen LogP contribution in [0.2, 0.25) is 0 Å². The number of benzene rings is 2. The van der Waals surface area contributed by atoms with Crippen molar-refractivity contribution in [3.05, 3.63) is 58.2 Å². The van der Waals surface area contributed by atoms with Crippen LogP contribution < -0.4 is 4.46 Å². The van der Waals surface area contributed by atoms with Crippen molar-refractivity contribution in [1.29, 1.82) is 0 Å². The van der Waals surface area contributed by atoms with Crippen molar-refractivity contribution in [3.63, 3.8) is 0 Å². The van der Waals surface area contributed by atoms with Gasteiger partial charge in [-0.2, -0.15) is 0 Å². The number of halogens is 4. The zero-order valence-corrected chi connectivity index (χ0v) is 19.1. The average Bonchev–Trinajstić information content (AvgIpc) is 2.91. The summed E-state index contributed by atoms with van der Waals surface area (Å²) in [6, 6.07) is 9.81. The summed E-state index contributed by atoms with van der Waals surface area (Å²) in [6.45, 7) is 1.79. The van der Waals surface area contributed by atoms with Crippen molar-refractivity contribution in [2.75, 3.05) is 7.11 Å². The standard InChI is InChI=1S/C18H13BrF3NO4SSe/c1-10-3-6-12(7-4-10)28(25,26)23-14-8-5-11(17(24)27-2)9-13(14)15(16(23)19)29-18(20,21)22/h3-9H,1-2H3. The van der Waals surface area contributed by atoms with Gasteiger partial charge in [0.2, 0.25) is 0 Å². The normalized spacial score (nSPS) is 12.3. The predicted octanol–water partition coefficient (Wildman–Crippen LogP) is 3.59. The van der Waals surface area contributed by atoms with E-state index in [2.05, 4.69) is 20.7 Å². The first kappa shape index (κ1) is 21.9. The first-order valence-electron chi connectivity index (χ1n) is 7.96. The summed E-state index contributed by atoms with van der Waals surface area (Å²) < 4.78 is 71.0. The van der Waals surface area contributed by atoms with E-state index in [-0.39, 0.29) is 30.4 Å². The second-order valence-electron chi connectivity index (χ2n) is 5.97. The van der Waals surface area contributed by atoms with Crippen molar-refractivity contribution in [2.45, 2.75) is 16.9 Å². The topological polar surface area (TPSA) is 65.4 Å². The number of aromatic nitrogens is 1. The number of esters is 1. The Bertz CT molecular complexity index is 1200. The fourth-order valence-electron chi connectivity index (χ4n) is 2.71. The summed E-state index contributed by atoms with van der Waals surface area (Å²) in [4.78, 5) is 11.8. The van der Waals surface area contributed by atoms with E-state index >= 15 is 0 Å². The molecule has 0 fully saturated rings. The second kappa shape index (κ2) is 7.79. The maximum absolute atomic E-state index is 13.2. The molecule has 5 nitrogen and oxygen atoms in total. The number of hydrogen-bond donors (Lipinski definition) is 0. The average molecular weight is 555 g/mol. The van der Waals surface area contributed by atoms with Gasteiger partial charge in [-0.25, -0.2) is 0 Å². The Morgan fingerprint density at radius 3 is 2.31 bits per heavy atom. The van der Waals surface area contributed by atoms with Gasteiger partial charge in [0, 0.05) is 0 Å². The van der Waals surface area contributed by atoms with Gasteiger partial charge in [0.15, 0.2) is 0 Å². The predicted molar refractivity (Wildman–Crippen MR) is 106 cm³/mol. The molecular formula is C18H13BrF3NO4SSe. The molecular weight excluding hydrogens is 542 g/mol. The van der Waals surface area contributed by atoms with E-state index in [1.54, 1.807) is 19.1 Å². The van der Waals surface area contributed by atoms with Crippen LogP contribution >= 0.6 is 15.9 Å². The van der Waals surface area contributed by atoms with Crippen molar-refractivity contribution in [3.8, 4) is 0 Å². The van der Waals surface area contributed by atoms with Crippen LogP contribution in [0.15, 0.2) is 52.0 Å². The van der Waals surface area contributed by atoms with Gasteiger partial charge in [-0.05, 0) is 0 Å². The molecule has 154 valence electrons. The molecule has 29 heavy (non-hydrogen) atoms. The molecule has 0 aliphatic heterocycles. The van der Waals surface area contributed by atoms with Crippen LogP contribution in [-0.2, 0) is 14.8 Å². The van der Waals surface area contributed by atoms with Crippen molar-refractivity contribution in [2.24, 2.45) is 0 Å². The number of hydrogen-bond acceptors (Lipinski definition) is 4. The molecule has 1 aromatic heterocycles. The molecule has 0 amide bonds. The number of methoxy groups -OCH3 is 1. The summed E-state index contributed by atoms with van der Waals surface area (Å²) in [5.41, 5.74) is 0.895. The summed E-state index contributed by atoms with van der Waals surface area (Å²) in [5, 5.41) is -4.50. The van der Waals surface area contributed by atoms with Crippen LogP contribution in [0.5, 0.6) is 0 Å². The zero-order chi connectivity index (χ0) is 21.6. The monoisotopic (exact) mass is 555 g/mol. The zero-order valence-electron chi connectivity index (χ0n) is 15.0. The number of fused-ring (bicyclic) bond motifs is 1. The number of carbonyl (C=O) groups is 1. The van der Waals surface area contributed by atoms with E-state index in [1.807, 2.05) is 0 Å². The molecule has 0 unspecified atom stereocenters. The molecule has 3 rings (SSSR count). The summed E-state index contributed by atoms with van der Waals surface area (Å²) >= 11 is 1.01. The Morgan fingerprint density at radius 2 is 1.76 bits per heavy atom. The summed E-state index contributed by atoms with van der Waals surface area (Å²) in [5.74, 6) is -0.734. The number of aryl methyl sites for hydroxylation is 1. The number of carbonyl (C=O) groups excluding carboxylic acids is 1. The van der Waals surface area contributed by atoms with Gasteiger partial charge in [0.25, 0.3) is 0 Å². The van der Waals surface area contributed by atoms with Gasteiger partial charge in [-0.15, -0.1) is 0 Å². The van der Waals surface area contributed by atoms with Gasteiger partial charge >= 0.3 is 180 Å². The number of alkyl halides is 3. The minimum atomic E-state index is -4.52. The van der Waals surface area contributed by atoms with Crippen LogP contribution in [0.4, 0.5) is 13.2 Å². The number of rotatable bonds is 4. The van der Waals surface area contributed by atoms with Gasteiger partial charge in [-0.1, -0.05) is 0 Å². The van der Waals surface area contributed by atoms with Crippen molar-refractivity contribution in [1.82, 2.24) is 3.97 Å². The Morgan fingerprint density at radius 1 is 1.14 bits per heavy atom. The Balaban J connectivity index is 2.34. The maximum atomic E-state index is 13.2. The third kappa shape index (κ3) is 4.23. The quantitative estimate of drug-likeness (QED) is 0.365. The minimum absolute atomic E-state index is 0.0211. The SMILES string of the molecule is COC(=O)c1ccc2c(c1)c([Se]C(F)(F)F)c(Br)n2S(=O)(=O)c1ccc(C)cc1. The number of nitrogens with zero attached hydrogens (tertiary/aromatic N) is 1. The van der Waals surface area contributed by atoms with E-state index < -0.39 is 36.0 Å². The molecule has 1 heterocycles. The molecule has 0 aliphatic carbocycles. The first-order valence-corrected chi connectivity index (χ1v) is 11.9. The van der Waals surface area contributed by atoms with Crippen molar-refractivity contribution >= 4 is 62.2 Å². The summed E-state index contributed by atoms with van der Waals surface area (Å²) in [6.07, 6.45) is 0. The van der Waals surface area contributed by atoms with E-state index in [4.69, 9.17) is 0 Å². The van der Waals surface area contributed by atoms with Gasteiger partial charge in [0.1, 0.15) is 0 Å². The van der Waals surface area contributed by atoms with E-state index in [0.29, 0.717) is 0 Å². The molecule has 0 spiro atoms. The van der Waals surface area contributed by atoms with Gasteiger partial charge in [-0.3, -0.25) is 0 Å². The Labute approximate surface area is 179 Å². The molecule has 11 heteroatoms. The Kier molecular flexibility index (Phi) is 5.88. The van der Waals surface area contributed by atoms with Crippen LogP contribution in [0.25, 0.3) is 10.9 Å². The third-order valence-corrected chi connectivity index (χ3v) is 9.11. The molecule has 0 N–H and O–H groups in total. The fourth-order valence-corrected chi connectivity index (χ4v) is 7.08. The molecule has 0 radical (unpaired) electrons. The van der Waals surface area contributed by atoms with Crippen LogP contribution in [0.3, 0.4) is 0 Å². The van der Waals surface area contributed by atoms with E-state index in [9.17, 15) is 26.4 Å². The van der Waals surface area contributed by atoms with Gasteiger partial charge < -0.3 is 0 Å². The Hall–Kier alpha value is -1.81. The first-order chi connectivity index (χ1) is 13.5. The second-order valence-corrected chi connectivity index (χ2v) is 10.8. The third-order valence-electron chi connectivity index (χ3n) is 4.02. The fraction of sp³-hybridized carbons (Fsp3) is 0.167. The van der Waals surface area contributed by atoms with Crippen LogP contribution in [-0.4, -0.2) is 45.5 Å². The molecule has 2 aromatic carbocycles. The molecule has 0 aliphatic rings. The van der Waals surface area contributed by atoms with E-state index in [1.165, 1.54) is 30.3 Å². The molecule has 0 saturated carbocycles. The van der Waals surface area contributed by atoms with Crippen LogP contribution in [0, 0.1) is 6.92 Å². The van der Waals surface area contributed by atoms with Crippen LogP contribution in [0.1, 0.15) is 15.9 Å². The molecule has 3 aromatic rings. The number of ether oxygens (including phenoxy) is 1. The van der Waals surface area contributed by atoms with E-state index in [0.717, 1.165) is 16.6 Å². The molecule has 0 saturated heterocycles. The summed E-state index contributed by atoms with van der Waals surface area (Å²) in [7, 11) is -3.04. The van der Waals surface area contributed by atoms with Crippen molar-refractivity contribution < 1.29 is 31.1 Å².